The fourth-order valence-electron chi connectivity index (χ4n) is 2.19. The largest absolute Gasteiger partial charge is 0.374 e. The molecule has 0 radical (unpaired) electrons. The Morgan fingerprint density at radius 2 is 2.20 bits per heavy atom. The van der Waals surface area contributed by atoms with Crippen molar-refractivity contribution in [2.75, 3.05) is 44.8 Å². The summed E-state index contributed by atoms with van der Waals surface area (Å²) in [6.45, 7) is 4.08. The van der Waals surface area contributed by atoms with E-state index in [0.717, 1.165) is 32.3 Å². The molecule has 0 aromatic carbocycles. The van der Waals surface area contributed by atoms with Crippen molar-refractivity contribution in [3.05, 3.63) is 0 Å². The Labute approximate surface area is 96.9 Å². The van der Waals surface area contributed by atoms with E-state index < -0.39 is 0 Å². The van der Waals surface area contributed by atoms with Gasteiger partial charge in [0.1, 0.15) is 0 Å². The van der Waals surface area contributed by atoms with Gasteiger partial charge in [0.05, 0.1) is 12.7 Å². The van der Waals surface area contributed by atoms with Gasteiger partial charge in [-0.15, -0.1) is 0 Å². The molecule has 2 aliphatic heterocycles. The summed E-state index contributed by atoms with van der Waals surface area (Å²) in [6, 6.07) is 0.738. The monoisotopic (exact) mass is 230 g/mol. The first-order chi connectivity index (χ1) is 7.34. The number of morpholine rings is 1. The molecule has 2 fully saturated rings. The zero-order valence-electron chi connectivity index (χ0n) is 9.58. The average Bonchev–Trinajstić information content (AvgIpc) is 2.28. The van der Waals surface area contributed by atoms with Crippen molar-refractivity contribution in [2.45, 2.75) is 25.0 Å². The van der Waals surface area contributed by atoms with Crippen LogP contribution in [0.15, 0.2) is 0 Å². The summed E-state index contributed by atoms with van der Waals surface area (Å²) in [5.41, 5.74) is 0. The summed E-state index contributed by atoms with van der Waals surface area (Å²) in [7, 11) is 2.17. The standard InChI is InChI=1S/C11H22N2OS/c1-13-4-5-14-11(9-13)8-12-10-2-6-15-7-3-10/h10-12H,2-9H2,1H3/t11-/m1/s1. The van der Waals surface area contributed by atoms with Crippen LogP contribution < -0.4 is 5.32 Å². The van der Waals surface area contributed by atoms with Crippen LogP contribution in [0.5, 0.6) is 0 Å². The molecule has 2 saturated heterocycles. The fraction of sp³-hybridized carbons (Fsp3) is 1.00. The molecule has 2 aliphatic rings. The highest BCUT2D eigenvalue weighted by molar-refractivity contribution is 7.99. The molecule has 2 heterocycles. The van der Waals surface area contributed by atoms with Gasteiger partial charge in [-0.25, -0.2) is 0 Å². The van der Waals surface area contributed by atoms with Gasteiger partial charge < -0.3 is 15.0 Å². The lowest BCUT2D eigenvalue weighted by atomic mass is 10.1. The van der Waals surface area contributed by atoms with E-state index in [-0.39, 0.29) is 0 Å². The van der Waals surface area contributed by atoms with Gasteiger partial charge in [-0.05, 0) is 31.4 Å². The molecular weight excluding hydrogens is 208 g/mol. The second-order valence-corrected chi connectivity index (χ2v) is 5.77. The summed E-state index contributed by atoms with van der Waals surface area (Å²) < 4.78 is 5.73. The van der Waals surface area contributed by atoms with Crippen LogP contribution in [-0.4, -0.2) is 61.8 Å². The molecule has 15 heavy (non-hydrogen) atoms. The van der Waals surface area contributed by atoms with E-state index in [0.29, 0.717) is 6.10 Å². The molecule has 0 saturated carbocycles. The van der Waals surface area contributed by atoms with Crippen molar-refractivity contribution >= 4 is 11.8 Å². The molecular formula is C11H22N2OS. The van der Waals surface area contributed by atoms with Crippen molar-refractivity contribution in [1.82, 2.24) is 10.2 Å². The highest BCUT2D eigenvalue weighted by atomic mass is 32.2. The molecule has 0 aromatic rings. The van der Waals surface area contributed by atoms with E-state index >= 15 is 0 Å². The van der Waals surface area contributed by atoms with E-state index in [1.165, 1.54) is 24.3 Å². The van der Waals surface area contributed by atoms with Gasteiger partial charge in [-0.3, -0.25) is 0 Å². The van der Waals surface area contributed by atoms with E-state index in [2.05, 4.69) is 29.0 Å². The van der Waals surface area contributed by atoms with Gasteiger partial charge in [-0.2, -0.15) is 11.8 Å². The third-order valence-electron chi connectivity index (χ3n) is 3.20. The van der Waals surface area contributed by atoms with Crippen LogP contribution in [0.4, 0.5) is 0 Å². The van der Waals surface area contributed by atoms with Crippen LogP contribution in [0.25, 0.3) is 0 Å². The minimum absolute atomic E-state index is 0.401. The second-order valence-electron chi connectivity index (χ2n) is 4.55. The summed E-state index contributed by atoms with van der Waals surface area (Å²) in [5, 5.41) is 3.65. The van der Waals surface area contributed by atoms with Gasteiger partial charge in [0.25, 0.3) is 0 Å². The number of nitrogens with one attached hydrogen (secondary N) is 1. The SMILES string of the molecule is CN1CCO[C@H](CNC2CCSCC2)C1. The third kappa shape index (κ3) is 3.94. The molecule has 1 N–H and O–H groups in total. The predicted molar refractivity (Wildman–Crippen MR) is 65.6 cm³/mol. The number of ether oxygens (including phenoxy) is 1. The van der Waals surface area contributed by atoms with Crippen LogP contribution in [0, 0.1) is 0 Å². The van der Waals surface area contributed by atoms with Crippen molar-refractivity contribution in [3.8, 4) is 0 Å². The Balaban J connectivity index is 1.63. The summed E-state index contributed by atoms with van der Waals surface area (Å²) in [5.74, 6) is 2.65. The second kappa shape index (κ2) is 6.09. The molecule has 3 nitrogen and oxygen atoms in total. The lowest BCUT2D eigenvalue weighted by Crippen LogP contribution is -2.47. The number of hydrogen-bond donors (Lipinski definition) is 1. The van der Waals surface area contributed by atoms with Crippen LogP contribution in [0.3, 0.4) is 0 Å². The average molecular weight is 230 g/mol. The molecule has 88 valence electrons. The lowest BCUT2D eigenvalue weighted by molar-refractivity contribution is -0.0193. The number of rotatable bonds is 3. The topological polar surface area (TPSA) is 24.5 Å². The molecule has 4 heteroatoms. The van der Waals surface area contributed by atoms with Crippen molar-refractivity contribution in [2.24, 2.45) is 0 Å². The number of nitrogens with zero attached hydrogens (tertiary/aromatic N) is 1. The van der Waals surface area contributed by atoms with Crippen LogP contribution in [0.2, 0.25) is 0 Å². The number of hydrogen-bond acceptors (Lipinski definition) is 4. The van der Waals surface area contributed by atoms with Gasteiger partial charge in [0.15, 0.2) is 0 Å². The smallest absolute Gasteiger partial charge is 0.0826 e. The Bertz CT molecular complexity index is 185. The normalized spacial score (nSPS) is 30.6. The third-order valence-corrected chi connectivity index (χ3v) is 4.25. The lowest BCUT2D eigenvalue weighted by Gasteiger charge is -2.32. The van der Waals surface area contributed by atoms with Crippen LogP contribution in [0.1, 0.15) is 12.8 Å². The quantitative estimate of drug-likeness (QED) is 0.775. The molecule has 0 spiro atoms. The Hall–Kier alpha value is 0.230. The molecule has 0 amide bonds. The molecule has 0 bridgehead atoms. The first-order valence-corrected chi connectivity index (χ1v) is 7.11. The van der Waals surface area contributed by atoms with Crippen molar-refractivity contribution < 1.29 is 4.74 Å². The van der Waals surface area contributed by atoms with Gasteiger partial charge >= 0.3 is 0 Å². The Morgan fingerprint density at radius 3 is 2.93 bits per heavy atom. The predicted octanol–water partition coefficient (Wildman–Crippen LogP) is 0.802. The molecule has 0 aliphatic carbocycles. The van der Waals surface area contributed by atoms with E-state index in [1.54, 1.807) is 0 Å². The molecule has 2 rings (SSSR count). The Morgan fingerprint density at radius 1 is 1.40 bits per heavy atom. The van der Waals surface area contributed by atoms with E-state index in [1.807, 2.05) is 0 Å². The zero-order valence-corrected chi connectivity index (χ0v) is 10.4. The summed E-state index contributed by atoms with van der Waals surface area (Å²) in [4.78, 5) is 2.35. The molecule has 0 aromatic heterocycles. The van der Waals surface area contributed by atoms with E-state index in [9.17, 15) is 0 Å². The van der Waals surface area contributed by atoms with Gasteiger partial charge in [0, 0.05) is 25.7 Å². The van der Waals surface area contributed by atoms with Crippen molar-refractivity contribution in [3.63, 3.8) is 0 Å². The summed E-state index contributed by atoms with van der Waals surface area (Å²) in [6.07, 6.45) is 3.05. The van der Waals surface area contributed by atoms with Gasteiger partial charge in [0.2, 0.25) is 0 Å². The molecule has 0 unspecified atom stereocenters. The highest BCUT2D eigenvalue weighted by Crippen LogP contribution is 2.17. The maximum atomic E-state index is 5.73. The minimum atomic E-state index is 0.401. The highest BCUT2D eigenvalue weighted by Gasteiger charge is 2.19. The van der Waals surface area contributed by atoms with Crippen LogP contribution >= 0.6 is 11.8 Å². The van der Waals surface area contributed by atoms with E-state index in [4.69, 9.17) is 4.74 Å². The zero-order chi connectivity index (χ0) is 10.5. The van der Waals surface area contributed by atoms with Crippen molar-refractivity contribution in [1.29, 1.82) is 0 Å². The fourth-order valence-corrected chi connectivity index (χ4v) is 3.30. The summed E-state index contributed by atoms with van der Waals surface area (Å²) >= 11 is 2.08. The first-order valence-electron chi connectivity index (χ1n) is 5.96. The number of likely N-dealkylation sites (N-methyl/N-ethyl adjacent to an activating group) is 1. The number of thioether (sulfide) groups is 1. The molecule has 1 atom stereocenters. The van der Waals surface area contributed by atoms with Gasteiger partial charge in [-0.1, -0.05) is 0 Å². The minimum Gasteiger partial charge on any atom is -0.374 e. The van der Waals surface area contributed by atoms with Crippen LogP contribution in [-0.2, 0) is 4.74 Å². The first kappa shape index (κ1) is 11.7. The Kier molecular flexibility index (Phi) is 4.75. The maximum Gasteiger partial charge on any atom is 0.0826 e. The maximum absolute atomic E-state index is 5.73.